The minimum atomic E-state index is -0.158. The van der Waals surface area contributed by atoms with Crippen LogP contribution in [0.1, 0.15) is 16.7 Å². The van der Waals surface area contributed by atoms with E-state index in [-0.39, 0.29) is 18.4 Å². The summed E-state index contributed by atoms with van der Waals surface area (Å²) in [6.07, 6.45) is 0.347. The third-order valence-corrected chi connectivity index (χ3v) is 4.38. The van der Waals surface area contributed by atoms with E-state index in [1.54, 1.807) is 4.90 Å². The van der Waals surface area contributed by atoms with Crippen molar-refractivity contribution in [2.75, 3.05) is 11.4 Å². The van der Waals surface area contributed by atoms with E-state index in [0.717, 1.165) is 21.3 Å². The second-order valence-electron chi connectivity index (χ2n) is 5.69. The highest BCUT2D eigenvalue weighted by atomic mass is 79.9. The van der Waals surface area contributed by atoms with Gasteiger partial charge >= 0.3 is 0 Å². The van der Waals surface area contributed by atoms with Crippen LogP contribution in [-0.4, -0.2) is 18.4 Å². The second kappa shape index (κ2) is 6.54. The number of hydrogen-bond donors (Lipinski definition) is 1. The first kappa shape index (κ1) is 15.7. The van der Waals surface area contributed by atoms with Gasteiger partial charge in [0.05, 0.1) is 6.42 Å². The highest BCUT2D eigenvalue weighted by molar-refractivity contribution is 9.10. The molecule has 4 nitrogen and oxygen atoms in total. The molecule has 1 heterocycles. The molecular formula is C18H17BrN2O2. The number of fused-ring (bicyclic) bond motifs is 1. The normalized spacial score (nSPS) is 13.1. The summed E-state index contributed by atoms with van der Waals surface area (Å²) in [4.78, 5) is 25.8. The van der Waals surface area contributed by atoms with Crippen molar-refractivity contribution >= 4 is 33.4 Å². The molecule has 0 aliphatic carbocycles. The van der Waals surface area contributed by atoms with Crippen LogP contribution in [0.2, 0.25) is 0 Å². The van der Waals surface area contributed by atoms with Gasteiger partial charge in [0.2, 0.25) is 11.8 Å². The van der Waals surface area contributed by atoms with Crippen molar-refractivity contribution in [3.8, 4) is 0 Å². The van der Waals surface area contributed by atoms with Crippen molar-refractivity contribution in [3.05, 3.63) is 63.6 Å². The minimum absolute atomic E-state index is 0.0383. The molecular weight excluding hydrogens is 356 g/mol. The monoisotopic (exact) mass is 372 g/mol. The summed E-state index contributed by atoms with van der Waals surface area (Å²) in [5.41, 5.74) is 4.01. The number of aryl methyl sites for hydroxylation is 1. The van der Waals surface area contributed by atoms with E-state index < -0.39 is 0 Å². The summed E-state index contributed by atoms with van der Waals surface area (Å²) in [5.74, 6) is -0.196. The summed E-state index contributed by atoms with van der Waals surface area (Å²) in [6.45, 7) is 2.55. The summed E-state index contributed by atoms with van der Waals surface area (Å²) >= 11 is 3.40. The number of nitrogens with zero attached hydrogens (tertiary/aromatic N) is 1. The fourth-order valence-corrected chi connectivity index (χ4v) is 3.04. The van der Waals surface area contributed by atoms with Crippen LogP contribution in [0.25, 0.3) is 0 Å². The van der Waals surface area contributed by atoms with Gasteiger partial charge in [0, 0.05) is 16.7 Å². The van der Waals surface area contributed by atoms with E-state index in [1.807, 2.05) is 49.4 Å². The predicted octanol–water partition coefficient (Wildman–Crippen LogP) is 2.96. The average molecular weight is 373 g/mol. The molecule has 1 aliphatic rings. The molecule has 0 radical (unpaired) electrons. The Labute approximate surface area is 143 Å². The van der Waals surface area contributed by atoms with E-state index in [9.17, 15) is 9.59 Å². The quantitative estimate of drug-likeness (QED) is 0.896. The molecule has 118 valence electrons. The van der Waals surface area contributed by atoms with Gasteiger partial charge < -0.3 is 10.2 Å². The maximum absolute atomic E-state index is 12.1. The van der Waals surface area contributed by atoms with Crippen LogP contribution in [0, 0.1) is 6.92 Å². The molecule has 0 spiro atoms. The van der Waals surface area contributed by atoms with Gasteiger partial charge in [-0.2, -0.15) is 0 Å². The van der Waals surface area contributed by atoms with Crippen molar-refractivity contribution in [1.82, 2.24) is 5.32 Å². The Kier molecular flexibility index (Phi) is 4.48. The van der Waals surface area contributed by atoms with E-state index in [0.29, 0.717) is 13.0 Å². The Hall–Kier alpha value is -2.14. The predicted molar refractivity (Wildman–Crippen MR) is 93.2 cm³/mol. The third-order valence-electron chi connectivity index (χ3n) is 3.89. The molecule has 0 saturated carbocycles. The van der Waals surface area contributed by atoms with Crippen LogP contribution >= 0.6 is 15.9 Å². The molecule has 2 amide bonds. The van der Waals surface area contributed by atoms with Gasteiger partial charge in [-0.3, -0.25) is 9.59 Å². The zero-order valence-electron chi connectivity index (χ0n) is 12.8. The van der Waals surface area contributed by atoms with Crippen LogP contribution in [0.15, 0.2) is 46.9 Å². The molecule has 2 aromatic carbocycles. The Bertz CT molecular complexity index is 756. The largest absolute Gasteiger partial charge is 0.350 e. The first-order chi connectivity index (χ1) is 11.0. The van der Waals surface area contributed by atoms with Crippen LogP contribution in [-0.2, 0) is 22.6 Å². The zero-order valence-corrected chi connectivity index (χ0v) is 14.4. The Morgan fingerprint density at radius 2 is 1.96 bits per heavy atom. The van der Waals surface area contributed by atoms with Gasteiger partial charge in [-0.25, -0.2) is 0 Å². The number of halogens is 1. The molecule has 0 aromatic heterocycles. The Balaban J connectivity index is 1.62. The Morgan fingerprint density at radius 3 is 2.70 bits per heavy atom. The van der Waals surface area contributed by atoms with Gasteiger partial charge in [0.1, 0.15) is 6.54 Å². The molecule has 0 fully saturated rings. The van der Waals surface area contributed by atoms with Crippen LogP contribution in [0.4, 0.5) is 5.69 Å². The van der Waals surface area contributed by atoms with Crippen molar-refractivity contribution in [2.24, 2.45) is 0 Å². The van der Waals surface area contributed by atoms with Gasteiger partial charge in [-0.1, -0.05) is 45.8 Å². The lowest BCUT2D eigenvalue weighted by atomic mass is 10.1. The summed E-state index contributed by atoms with van der Waals surface area (Å²) in [7, 11) is 0. The standard InChI is InChI=1S/C18H17BrN2O2/c1-12-2-4-13(5-3-12)10-20-17(22)11-21-16-7-6-15(19)8-14(16)9-18(21)23/h2-8H,9-11H2,1H3,(H,20,22). The lowest BCUT2D eigenvalue weighted by Gasteiger charge is -2.17. The van der Waals surface area contributed by atoms with E-state index in [2.05, 4.69) is 21.2 Å². The highest BCUT2D eigenvalue weighted by Gasteiger charge is 2.28. The number of amides is 2. The molecule has 0 unspecified atom stereocenters. The van der Waals surface area contributed by atoms with E-state index in [4.69, 9.17) is 0 Å². The topological polar surface area (TPSA) is 49.4 Å². The summed E-state index contributed by atoms with van der Waals surface area (Å²) in [6, 6.07) is 13.7. The number of carbonyl (C=O) groups is 2. The van der Waals surface area contributed by atoms with Gasteiger partial charge in [0.25, 0.3) is 0 Å². The second-order valence-corrected chi connectivity index (χ2v) is 6.61. The fraction of sp³-hybridized carbons (Fsp3) is 0.222. The molecule has 5 heteroatoms. The molecule has 3 rings (SSSR count). The molecule has 1 aliphatic heterocycles. The van der Waals surface area contributed by atoms with Crippen molar-refractivity contribution in [3.63, 3.8) is 0 Å². The SMILES string of the molecule is Cc1ccc(CNC(=O)CN2C(=O)Cc3cc(Br)ccc32)cc1. The van der Waals surface area contributed by atoms with Crippen LogP contribution in [0.5, 0.6) is 0 Å². The first-order valence-electron chi connectivity index (χ1n) is 7.44. The van der Waals surface area contributed by atoms with Gasteiger partial charge in [-0.15, -0.1) is 0 Å². The number of carbonyl (C=O) groups excluding carboxylic acids is 2. The van der Waals surface area contributed by atoms with Crippen molar-refractivity contribution < 1.29 is 9.59 Å². The zero-order chi connectivity index (χ0) is 16.4. The first-order valence-corrected chi connectivity index (χ1v) is 8.23. The van der Waals surface area contributed by atoms with Gasteiger partial charge in [0.15, 0.2) is 0 Å². The maximum atomic E-state index is 12.1. The lowest BCUT2D eigenvalue weighted by Crippen LogP contribution is -2.38. The van der Waals surface area contributed by atoms with E-state index in [1.165, 1.54) is 5.56 Å². The summed E-state index contributed by atoms with van der Waals surface area (Å²) in [5, 5.41) is 2.87. The van der Waals surface area contributed by atoms with E-state index >= 15 is 0 Å². The summed E-state index contributed by atoms with van der Waals surface area (Å²) < 4.78 is 0.940. The Morgan fingerprint density at radius 1 is 1.22 bits per heavy atom. The molecule has 23 heavy (non-hydrogen) atoms. The minimum Gasteiger partial charge on any atom is -0.350 e. The highest BCUT2D eigenvalue weighted by Crippen LogP contribution is 2.30. The number of anilines is 1. The smallest absolute Gasteiger partial charge is 0.240 e. The molecule has 2 aromatic rings. The number of benzene rings is 2. The molecule has 0 bridgehead atoms. The van der Waals surface area contributed by atoms with Crippen molar-refractivity contribution in [1.29, 1.82) is 0 Å². The van der Waals surface area contributed by atoms with Crippen LogP contribution in [0.3, 0.4) is 0 Å². The lowest BCUT2D eigenvalue weighted by molar-refractivity contribution is -0.123. The molecule has 1 N–H and O–H groups in total. The maximum Gasteiger partial charge on any atom is 0.240 e. The average Bonchev–Trinajstić information content (AvgIpc) is 2.82. The van der Waals surface area contributed by atoms with Crippen LogP contribution < -0.4 is 10.2 Å². The number of rotatable bonds is 4. The fourth-order valence-electron chi connectivity index (χ4n) is 2.63. The third kappa shape index (κ3) is 3.62. The number of nitrogens with one attached hydrogen (secondary N) is 1. The van der Waals surface area contributed by atoms with Gasteiger partial charge in [-0.05, 0) is 36.2 Å². The molecule has 0 atom stereocenters. The number of hydrogen-bond acceptors (Lipinski definition) is 2. The molecule has 0 saturated heterocycles. The van der Waals surface area contributed by atoms with Crippen molar-refractivity contribution in [2.45, 2.75) is 19.9 Å².